The van der Waals surface area contributed by atoms with Crippen molar-refractivity contribution < 1.29 is 23.1 Å². The van der Waals surface area contributed by atoms with Crippen LogP contribution in [0.25, 0.3) is 0 Å². The molecular formula is C20H18ClNO5S. The van der Waals surface area contributed by atoms with E-state index in [9.17, 15) is 23.1 Å². The third-order valence-corrected chi connectivity index (χ3v) is 6.40. The van der Waals surface area contributed by atoms with Gasteiger partial charge in [-0.25, -0.2) is 8.42 Å². The number of nitrogens with zero attached hydrogens (tertiary/aromatic N) is 1. The molecule has 8 heteroatoms. The van der Waals surface area contributed by atoms with Crippen molar-refractivity contribution in [2.24, 2.45) is 10.9 Å². The van der Waals surface area contributed by atoms with Gasteiger partial charge in [0.25, 0.3) is 0 Å². The number of benzene rings is 2. The molecule has 0 bridgehead atoms. The zero-order chi connectivity index (χ0) is 20.3. The van der Waals surface area contributed by atoms with Gasteiger partial charge in [-0.05, 0) is 42.3 Å². The van der Waals surface area contributed by atoms with Gasteiger partial charge in [-0.3, -0.25) is 14.6 Å². The SMILES string of the molecule is O=C(C[C@H](CC1=Nc2ccc(Cl)cc2C1)C(=O)O)CS(=O)(=O)c1ccccc1. The number of sulfone groups is 1. The molecule has 3 rings (SSSR count). The summed E-state index contributed by atoms with van der Waals surface area (Å²) in [6.07, 6.45) is 0.187. The summed E-state index contributed by atoms with van der Waals surface area (Å²) < 4.78 is 24.6. The average molecular weight is 420 g/mol. The van der Waals surface area contributed by atoms with Gasteiger partial charge < -0.3 is 5.11 Å². The highest BCUT2D eigenvalue weighted by Crippen LogP contribution is 2.31. The highest BCUT2D eigenvalue weighted by molar-refractivity contribution is 7.92. The Kier molecular flexibility index (Phi) is 5.96. The predicted octanol–water partition coefficient (Wildman–Crippen LogP) is 3.49. The Morgan fingerprint density at radius 3 is 2.54 bits per heavy atom. The van der Waals surface area contributed by atoms with Crippen molar-refractivity contribution in [2.75, 3.05) is 5.75 Å². The maximum atomic E-state index is 12.3. The second-order valence-corrected chi connectivity index (χ2v) is 9.11. The molecule has 2 aromatic carbocycles. The number of carboxylic acids is 1. The van der Waals surface area contributed by atoms with Crippen LogP contribution in [-0.2, 0) is 25.8 Å². The molecule has 0 unspecified atom stereocenters. The topological polar surface area (TPSA) is 101 Å². The molecule has 146 valence electrons. The molecule has 0 amide bonds. The van der Waals surface area contributed by atoms with Crippen LogP contribution >= 0.6 is 11.6 Å². The predicted molar refractivity (Wildman–Crippen MR) is 106 cm³/mol. The van der Waals surface area contributed by atoms with Crippen LogP contribution in [0.4, 0.5) is 5.69 Å². The van der Waals surface area contributed by atoms with Crippen LogP contribution in [0.1, 0.15) is 18.4 Å². The molecule has 0 saturated heterocycles. The van der Waals surface area contributed by atoms with Gasteiger partial charge in [-0.2, -0.15) is 0 Å². The van der Waals surface area contributed by atoms with Gasteiger partial charge in [0.15, 0.2) is 9.84 Å². The van der Waals surface area contributed by atoms with Gasteiger partial charge in [0.2, 0.25) is 0 Å². The number of aliphatic imine (C=N–C) groups is 1. The van der Waals surface area contributed by atoms with Crippen molar-refractivity contribution in [3.63, 3.8) is 0 Å². The molecule has 1 atom stereocenters. The van der Waals surface area contributed by atoms with E-state index < -0.39 is 33.3 Å². The first-order valence-corrected chi connectivity index (χ1v) is 10.6. The third kappa shape index (κ3) is 4.85. The van der Waals surface area contributed by atoms with Crippen molar-refractivity contribution in [1.82, 2.24) is 0 Å². The second kappa shape index (κ2) is 8.24. The van der Waals surface area contributed by atoms with E-state index in [0.29, 0.717) is 17.2 Å². The number of carbonyl (C=O) groups is 2. The minimum atomic E-state index is -3.79. The highest BCUT2D eigenvalue weighted by atomic mass is 35.5. The van der Waals surface area contributed by atoms with Crippen molar-refractivity contribution in [3.8, 4) is 0 Å². The summed E-state index contributed by atoms with van der Waals surface area (Å²) in [5.74, 6) is -3.53. The maximum absolute atomic E-state index is 12.3. The number of fused-ring (bicyclic) bond motifs is 1. The summed E-state index contributed by atoms with van der Waals surface area (Å²) in [5, 5.41) is 10.1. The summed E-state index contributed by atoms with van der Waals surface area (Å²) >= 11 is 5.96. The fourth-order valence-electron chi connectivity index (χ4n) is 3.14. The number of hydrogen-bond acceptors (Lipinski definition) is 5. The van der Waals surface area contributed by atoms with E-state index in [1.54, 1.807) is 36.4 Å². The Bertz CT molecular complexity index is 1050. The molecule has 0 fully saturated rings. The van der Waals surface area contributed by atoms with Gasteiger partial charge in [0, 0.05) is 23.6 Å². The number of ketones is 1. The summed E-state index contributed by atoms with van der Waals surface area (Å²) in [4.78, 5) is 28.3. The summed E-state index contributed by atoms with van der Waals surface area (Å²) in [7, 11) is -3.79. The minimum absolute atomic E-state index is 0.0442. The lowest BCUT2D eigenvalue weighted by molar-refractivity contribution is -0.143. The van der Waals surface area contributed by atoms with E-state index in [1.807, 2.05) is 0 Å². The fourth-order valence-corrected chi connectivity index (χ4v) is 4.62. The molecule has 1 heterocycles. The number of Topliss-reactive ketones (excluding diaryl/α,β-unsaturated/α-hetero) is 1. The van der Waals surface area contributed by atoms with Crippen LogP contribution < -0.4 is 0 Å². The zero-order valence-corrected chi connectivity index (χ0v) is 16.4. The first-order valence-electron chi connectivity index (χ1n) is 8.62. The van der Waals surface area contributed by atoms with Gasteiger partial charge in [-0.15, -0.1) is 0 Å². The molecule has 28 heavy (non-hydrogen) atoms. The van der Waals surface area contributed by atoms with E-state index in [0.717, 1.165) is 11.3 Å². The normalized spacial score (nSPS) is 14.2. The van der Waals surface area contributed by atoms with Crippen molar-refractivity contribution in [3.05, 3.63) is 59.1 Å². The van der Waals surface area contributed by atoms with Crippen LogP contribution in [0.5, 0.6) is 0 Å². The smallest absolute Gasteiger partial charge is 0.307 e. The van der Waals surface area contributed by atoms with Crippen LogP contribution in [0.3, 0.4) is 0 Å². The number of carbonyl (C=O) groups excluding carboxylic acids is 1. The number of aliphatic carboxylic acids is 1. The molecule has 2 aromatic rings. The van der Waals surface area contributed by atoms with E-state index in [1.165, 1.54) is 12.1 Å². The molecule has 0 radical (unpaired) electrons. The molecule has 0 aliphatic carbocycles. The molecule has 0 aromatic heterocycles. The quantitative estimate of drug-likeness (QED) is 0.705. The molecular weight excluding hydrogens is 402 g/mol. The van der Waals surface area contributed by atoms with Gasteiger partial charge >= 0.3 is 5.97 Å². The van der Waals surface area contributed by atoms with Crippen LogP contribution in [0, 0.1) is 5.92 Å². The van der Waals surface area contributed by atoms with Crippen LogP contribution in [0.15, 0.2) is 58.4 Å². The highest BCUT2D eigenvalue weighted by Gasteiger charge is 2.28. The van der Waals surface area contributed by atoms with Crippen molar-refractivity contribution in [2.45, 2.75) is 24.2 Å². The average Bonchev–Trinajstić information content (AvgIpc) is 3.02. The second-order valence-electron chi connectivity index (χ2n) is 6.68. The Labute approximate surface area is 167 Å². The first-order chi connectivity index (χ1) is 13.2. The minimum Gasteiger partial charge on any atom is -0.481 e. The van der Waals surface area contributed by atoms with Crippen LogP contribution in [0.2, 0.25) is 5.02 Å². The summed E-state index contributed by atoms with van der Waals surface area (Å²) in [6.45, 7) is 0. The lowest BCUT2D eigenvalue weighted by Crippen LogP contribution is -2.25. The lowest BCUT2D eigenvalue weighted by Gasteiger charge is -2.12. The van der Waals surface area contributed by atoms with Crippen molar-refractivity contribution in [1.29, 1.82) is 0 Å². The van der Waals surface area contributed by atoms with E-state index >= 15 is 0 Å². The molecule has 0 spiro atoms. The number of carboxylic acid groups (broad SMARTS) is 1. The standard InChI is InChI=1S/C20H18ClNO5S/c21-15-6-7-19-13(8-15)9-16(22-19)10-14(20(24)25)11-17(23)12-28(26,27)18-4-2-1-3-5-18/h1-8,14H,9-12H2,(H,24,25)/t14-/m0/s1. The molecule has 1 N–H and O–H groups in total. The van der Waals surface area contributed by atoms with Gasteiger partial charge in [0.1, 0.15) is 11.5 Å². The fraction of sp³-hybridized carbons (Fsp3) is 0.250. The molecule has 0 saturated carbocycles. The molecule has 1 aliphatic rings. The van der Waals surface area contributed by atoms with Crippen molar-refractivity contribution >= 4 is 44.6 Å². The van der Waals surface area contributed by atoms with E-state index in [2.05, 4.69) is 4.99 Å². The Morgan fingerprint density at radius 1 is 1.14 bits per heavy atom. The summed E-state index contributed by atoms with van der Waals surface area (Å²) in [5.41, 5.74) is 2.29. The molecule has 6 nitrogen and oxygen atoms in total. The Balaban J connectivity index is 1.66. The Hall–Kier alpha value is -2.51. The van der Waals surface area contributed by atoms with Gasteiger partial charge in [0.05, 0.1) is 16.5 Å². The van der Waals surface area contributed by atoms with E-state index in [4.69, 9.17) is 11.6 Å². The van der Waals surface area contributed by atoms with Gasteiger partial charge in [-0.1, -0.05) is 29.8 Å². The monoisotopic (exact) mass is 419 g/mol. The molecule has 1 aliphatic heterocycles. The lowest BCUT2D eigenvalue weighted by atomic mass is 9.95. The first kappa shape index (κ1) is 20.2. The Morgan fingerprint density at radius 2 is 1.86 bits per heavy atom. The largest absolute Gasteiger partial charge is 0.481 e. The maximum Gasteiger partial charge on any atom is 0.307 e. The van der Waals surface area contributed by atoms with Crippen LogP contribution in [-0.4, -0.2) is 36.7 Å². The van der Waals surface area contributed by atoms with E-state index in [-0.39, 0.29) is 17.7 Å². The third-order valence-electron chi connectivity index (χ3n) is 4.47. The number of rotatable bonds is 8. The summed E-state index contributed by atoms with van der Waals surface area (Å²) in [6, 6.07) is 12.9. The number of hydrogen-bond donors (Lipinski definition) is 1. The number of halogens is 1. The zero-order valence-electron chi connectivity index (χ0n) is 14.8.